The van der Waals surface area contributed by atoms with Gasteiger partial charge in [-0.2, -0.15) is 15.4 Å². The van der Waals surface area contributed by atoms with Gasteiger partial charge in [0, 0.05) is 68.3 Å². The summed E-state index contributed by atoms with van der Waals surface area (Å²) in [6, 6.07) is 14.8. The number of nitrogens with zero attached hydrogens (tertiary/aromatic N) is 3. The van der Waals surface area contributed by atoms with E-state index in [1.165, 1.54) is 0 Å². The highest BCUT2D eigenvalue weighted by Crippen LogP contribution is 2.40. The molecule has 0 saturated carbocycles. The molecule has 5 N–H and O–H groups in total. The van der Waals surface area contributed by atoms with Gasteiger partial charge in [-0.25, -0.2) is 4.79 Å². The number of nitrogens with one attached hydrogen (secondary N) is 3. The maximum absolute atomic E-state index is 13.6. The Bertz CT molecular complexity index is 1800. The molecule has 1 aliphatic heterocycles. The lowest BCUT2D eigenvalue weighted by atomic mass is 9.89. The minimum atomic E-state index is -0.571. The van der Waals surface area contributed by atoms with Crippen molar-refractivity contribution in [1.82, 2.24) is 26.0 Å². The average molecular weight is 820 g/mol. The maximum atomic E-state index is 13.6. The fourth-order valence-electron chi connectivity index (χ4n) is 6.73. The first-order valence-electron chi connectivity index (χ1n) is 20.6. The smallest absolute Gasteiger partial charge is 0.312 e. The van der Waals surface area contributed by atoms with Crippen LogP contribution in [-0.4, -0.2) is 110 Å². The fraction of sp³-hybridized carbons (Fsp3) is 0.558. The number of ketones is 2. The van der Waals surface area contributed by atoms with E-state index in [1.54, 1.807) is 4.90 Å². The molecule has 0 spiro atoms. The highest BCUT2D eigenvalue weighted by atomic mass is 16.6. The number of aromatic nitrogens is 3. The first kappa shape index (κ1) is 46.7. The number of para-hydroxylation sites is 1. The monoisotopic (exact) mass is 819 g/mol. The molecule has 1 aromatic heterocycles. The summed E-state index contributed by atoms with van der Waals surface area (Å²) < 4.78 is 22.2. The number of nitrogens with two attached hydrogens (primary N) is 1. The summed E-state index contributed by atoms with van der Waals surface area (Å²) in [5.41, 5.74) is 9.90. The third-order valence-electron chi connectivity index (χ3n) is 9.99. The van der Waals surface area contributed by atoms with E-state index in [0.29, 0.717) is 90.7 Å². The van der Waals surface area contributed by atoms with Crippen LogP contribution in [0.5, 0.6) is 0 Å². The molecular weight excluding hydrogens is 759 g/mol. The van der Waals surface area contributed by atoms with Crippen LogP contribution < -0.4 is 21.3 Å². The SMILES string of the molecule is CC(C)[C@H](CC(=O)CCOCCOCCOCCOCCCC(=O)CCC(=O)N1Cc2ccccc2-c2n[nH]nc2-c2ccccc21)C(=O)N[C@H](C)CCCNC(N)=O. The fourth-order valence-corrected chi connectivity index (χ4v) is 6.73. The minimum absolute atomic E-state index is 0.00357. The van der Waals surface area contributed by atoms with Gasteiger partial charge in [0.05, 0.1) is 58.5 Å². The van der Waals surface area contributed by atoms with Gasteiger partial charge in [0.2, 0.25) is 11.8 Å². The van der Waals surface area contributed by atoms with Gasteiger partial charge in [-0.3, -0.25) is 19.2 Å². The summed E-state index contributed by atoms with van der Waals surface area (Å²) in [7, 11) is 0. The van der Waals surface area contributed by atoms with Crippen molar-refractivity contribution in [1.29, 1.82) is 0 Å². The standard InChI is InChI=1S/C43H61N7O9/c1-30(2)37(42(54)46-31(3)10-8-19-45-43(44)55)28-34(52)18-21-57-23-25-59-27-26-58-24-22-56-20-9-12-33(51)16-17-39(53)50-29-32-11-4-5-13-35(32)40-41(48-49-47-40)36-14-6-7-15-38(36)50/h4-7,11,13-15,30-31,37H,8-10,12,16-29H2,1-3H3,(H,46,54)(H3,44,45,55)(H,47,48,49)/t31-,37+/m1/s1. The summed E-state index contributed by atoms with van der Waals surface area (Å²) in [4.78, 5) is 64.2. The van der Waals surface area contributed by atoms with Crippen LogP contribution in [0.4, 0.5) is 10.5 Å². The number of carbonyl (C=O) groups excluding carboxylic acids is 5. The van der Waals surface area contributed by atoms with Crippen molar-refractivity contribution in [2.24, 2.45) is 17.6 Å². The molecule has 0 saturated heterocycles. The van der Waals surface area contributed by atoms with Crippen molar-refractivity contribution >= 4 is 35.1 Å². The predicted octanol–water partition coefficient (Wildman–Crippen LogP) is 4.76. The summed E-state index contributed by atoms with van der Waals surface area (Å²) in [5.74, 6) is -0.709. The highest BCUT2D eigenvalue weighted by Gasteiger charge is 2.28. The number of benzene rings is 2. The van der Waals surface area contributed by atoms with Gasteiger partial charge in [-0.05, 0) is 43.7 Å². The Morgan fingerprint density at radius 2 is 1.34 bits per heavy atom. The van der Waals surface area contributed by atoms with Crippen LogP contribution in [-0.2, 0) is 44.7 Å². The Balaban J connectivity index is 0.985. The number of primary amides is 1. The second-order valence-corrected chi connectivity index (χ2v) is 15.0. The van der Waals surface area contributed by atoms with Gasteiger partial charge in [0.1, 0.15) is 23.0 Å². The number of carbonyl (C=O) groups is 5. The molecule has 322 valence electrons. The number of ether oxygens (including phenoxy) is 4. The Labute approximate surface area is 346 Å². The van der Waals surface area contributed by atoms with Crippen LogP contribution in [0.2, 0.25) is 0 Å². The minimum Gasteiger partial charge on any atom is -0.379 e. The number of rotatable bonds is 28. The molecule has 0 unspecified atom stereocenters. The number of hydrogen-bond acceptors (Lipinski definition) is 11. The van der Waals surface area contributed by atoms with E-state index < -0.39 is 11.9 Å². The van der Waals surface area contributed by atoms with Crippen LogP contribution in [0.25, 0.3) is 22.5 Å². The number of anilines is 1. The van der Waals surface area contributed by atoms with E-state index in [1.807, 2.05) is 69.3 Å². The highest BCUT2D eigenvalue weighted by molar-refractivity contribution is 6.01. The Morgan fingerprint density at radius 1 is 0.729 bits per heavy atom. The third kappa shape index (κ3) is 15.9. The Morgan fingerprint density at radius 3 is 2.02 bits per heavy atom. The van der Waals surface area contributed by atoms with Crippen molar-refractivity contribution in [3.05, 3.63) is 54.1 Å². The Hall–Kier alpha value is -5.03. The molecule has 1 aliphatic rings. The number of H-pyrrole nitrogens is 1. The molecule has 0 bridgehead atoms. The molecule has 4 amide bonds. The predicted molar refractivity (Wildman–Crippen MR) is 222 cm³/mol. The van der Waals surface area contributed by atoms with Gasteiger partial charge in [0.15, 0.2) is 0 Å². The van der Waals surface area contributed by atoms with Crippen LogP contribution in [0, 0.1) is 11.8 Å². The number of aromatic amines is 1. The van der Waals surface area contributed by atoms with Crippen LogP contribution >= 0.6 is 0 Å². The lowest BCUT2D eigenvalue weighted by molar-refractivity contribution is -0.131. The maximum Gasteiger partial charge on any atom is 0.312 e. The number of Topliss-reactive ketones (excluding diaryl/α,β-unsaturated/α-hetero) is 2. The molecule has 2 atom stereocenters. The van der Waals surface area contributed by atoms with Gasteiger partial charge in [0.25, 0.3) is 0 Å². The molecule has 0 aliphatic carbocycles. The summed E-state index contributed by atoms with van der Waals surface area (Å²) in [6.07, 6.45) is 2.88. The molecule has 2 heterocycles. The van der Waals surface area contributed by atoms with E-state index in [0.717, 1.165) is 28.1 Å². The van der Waals surface area contributed by atoms with Crippen LogP contribution in [0.15, 0.2) is 48.5 Å². The van der Waals surface area contributed by atoms with Gasteiger partial charge < -0.3 is 40.2 Å². The van der Waals surface area contributed by atoms with Crippen molar-refractivity contribution in [3.63, 3.8) is 0 Å². The number of urea groups is 1. The number of amides is 4. The van der Waals surface area contributed by atoms with Gasteiger partial charge in [-0.15, -0.1) is 0 Å². The normalized spacial score (nSPS) is 13.1. The summed E-state index contributed by atoms with van der Waals surface area (Å²) in [5, 5.41) is 17.0. The summed E-state index contributed by atoms with van der Waals surface area (Å²) >= 11 is 0. The lowest BCUT2D eigenvalue weighted by Gasteiger charge is -2.28. The van der Waals surface area contributed by atoms with E-state index in [-0.39, 0.29) is 67.6 Å². The lowest BCUT2D eigenvalue weighted by Crippen LogP contribution is -2.40. The molecule has 59 heavy (non-hydrogen) atoms. The third-order valence-corrected chi connectivity index (χ3v) is 9.99. The van der Waals surface area contributed by atoms with E-state index in [2.05, 4.69) is 26.0 Å². The number of fused-ring (bicyclic) bond motifs is 5. The van der Waals surface area contributed by atoms with E-state index in [9.17, 15) is 24.0 Å². The average Bonchev–Trinajstić information content (AvgIpc) is 3.70. The van der Waals surface area contributed by atoms with Crippen LogP contribution in [0.1, 0.15) is 77.7 Å². The topological polar surface area (TPSA) is 217 Å². The van der Waals surface area contributed by atoms with Crippen molar-refractivity contribution in [3.8, 4) is 22.5 Å². The first-order valence-corrected chi connectivity index (χ1v) is 20.6. The zero-order valence-electron chi connectivity index (χ0n) is 34.7. The second-order valence-electron chi connectivity index (χ2n) is 15.0. The largest absolute Gasteiger partial charge is 0.379 e. The van der Waals surface area contributed by atoms with Crippen molar-refractivity contribution in [2.45, 2.75) is 84.7 Å². The van der Waals surface area contributed by atoms with E-state index in [4.69, 9.17) is 24.7 Å². The molecule has 16 nitrogen and oxygen atoms in total. The molecular formula is C43H61N7O9. The summed E-state index contributed by atoms with van der Waals surface area (Å²) in [6.45, 7) is 9.48. The molecule has 4 rings (SSSR count). The van der Waals surface area contributed by atoms with Gasteiger partial charge >= 0.3 is 6.03 Å². The van der Waals surface area contributed by atoms with Gasteiger partial charge in [-0.1, -0.05) is 56.3 Å². The molecule has 2 aromatic carbocycles. The zero-order valence-corrected chi connectivity index (χ0v) is 34.7. The quantitative estimate of drug-likeness (QED) is 0.0733. The molecule has 16 heteroatoms. The first-order chi connectivity index (χ1) is 28.5. The second kappa shape index (κ2) is 25.5. The van der Waals surface area contributed by atoms with Crippen molar-refractivity contribution in [2.75, 3.05) is 64.3 Å². The van der Waals surface area contributed by atoms with Crippen molar-refractivity contribution < 1.29 is 42.9 Å². The van der Waals surface area contributed by atoms with Crippen LogP contribution in [0.3, 0.4) is 0 Å². The Kier molecular flexibility index (Phi) is 20.1. The van der Waals surface area contributed by atoms with E-state index >= 15 is 0 Å². The molecule has 0 fully saturated rings. The molecule has 0 radical (unpaired) electrons. The molecule has 3 aromatic rings. The zero-order chi connectivity index (χ0) is 42.4. The number of hydrogen-bond donors (Lipinski definition) is 4.